The van der Waals surface area contributed by atoms with Crippen LogP contribution in [0.3, 0.4) is 0 Å². The Morgan fingerprint density at radius 2 is 1.82 bits per heavy atom. The first kappa shape index (κ1) is 27.2. The smallest absolute Gasteiger partial charge is 0.336 e. The molecule has 4 rings (SSSR count). The van der Waals surface area contributed by atoms with E-state index < -0.39 is 16.8 Å². The van der Waals surface area contributed by atoms with Crippen LogP contribution in [0.15, 0.2) is 58.9 Å². The van der Waals surface area contributed by atoms with Crippen molar-refractivity contribution in [3.8, 4) is 11.5 Å². The van der Waals surface area contributed by atoms with Gasteiger partial charge in [-0.2, -0.15) is 0 Å². The summed E-state index contributed by atoms with van der Waals surface area (Å²) >= 11 is 6.07. The zero-order valence-electron chi connectivity index (χ0n) is 21.6. The summed E-state index contributed by atoms with van der Waals surface area (Å²) in [6.45, 7) is 3.84. The number of methoxy groups -OCH3 is 2. The number of dihydropyridines is 1. The van der Waals surface area contributed by atoms with E-state index in [0.29, 0.717) is 46.9 Å². The number of allylic oxidation sites excluding steroid dienone is 3. The summed E-state index contributed by atoms with van der Waals surface area (Å²) < 4.78 is 16.2. The first-order valence-corrected chi connectivity index (χ1v) is 12.6. The van der Waals surface area contributed by atoms with Crippen molar-refractivity contribution < 1.29 is 28.7 Å². The minimum absolute atomic E-state index is 0.0267. The van der Waals surface area contributed by atoms with Crippen molar-refractivity contribution in [1.29, 1.82) is 0 Å². The number of carbonyl (C=O) groups excluding carboxylic acids is 2. The van der Waals surface area contributed by atoms with Gasteiger partial charge in [-0.3, -0.25) is 14.9 Å². The number of hydrogen-bond acceptors (Lipinski definition) is 8. The van der Waals surface area contributed by atoms with Crippen molar-refractivity contribution in [2.24, 2.45) is 0 Å². The summed E-state index contributed by atoms with van der Waals surface area (Å²) in [5, 5.41) is 14.9. The van der Waals surface area contributed by atoms with Crippen LogP contribution < -0.4 is 14.8 Å². The predicted octanol–water partition coefficient (Wildman–Crippen LogP) is 5.58. The van der Waals surface area contributed by atoms with Crippen LogP contribution in [0, 0.1) is 10.1 Å². The van der Waals surface area contributed by atoms with Crippen molar-refractivity contribution in [3.63, 3.8) is 0 Å². The molecule has 1 N–H and O–H groups in total. The molecule has 0 bridgehead atoms. The molecule has 9 nitrogen and oxygen atoms in total. The minimum Gasteiger partial charge on any atom is -0.493 e. The number of benzene rings is 2. The van der Waals surface area contributed by atoms with Crippen molar-refractivity contribution in [1.82, 2.24) is 5.32 Å². The molecule has 38 heavy (non-hydrogen) atoms. The van der Waals surface area contributed by atoms with Crippen LogP contribution in [0.1, 0.15) is 56.1 Å². The van der Waals surface area contributed by atoms with E-state index in [4.69, 9.17) is 25.8 Å². The van der Waals surface area contributed by atoms with Crippen molar-refractivity contribution in [3.05, 3.63) is 85.2 Å². The van der Waals surface area contributed by atoms with E-state index in [1.54, 1.807) is 33.3 Å². The van der Waals surface area contributed by atoms with Gasteiger partial charge < -0.3 is 19.5 Å². The van der Waals surface area contributed by atoms with E-state index >= 15 is 0 Å². The number of esters is 1. The van der Waals surface area contributed by atoms with Gasteiger partial charge in [0.25, 0.3) is 5.69 Å². The Kier molecular flexibility index (Phi) is 8.06. The number of Topliss-reactive ketones (excluding diaryl/α,β-unsaturated/α-hetero) is 1. The molecule has 200 valence electrons. The van der Waals surface area contributed by atoms with Crippen LogP contribution in [0.4, 0.5) is 5.69 Å². The Morgan fingerprint density at radius 1 is 1.11 bits per heavy atom. The summed E-state index contributed by atoms with van der Waals surface area (Å²) in [6, 6.07) is 9.94. The highest BCUT2D eigenvalue weighted by Crippen LogP contribution is 2.47. The van der Waals surface area contributed by atoms with Crippen LogP contribution >= 0.6 is 11.6 Å². The molecule has 0 saturated carbocycles. The molecule has 2 aromatic carbocycles. The molecule has 1 aliphatic carbocycles. The van der Waals surface area contributed by atoms with Crippen molar-refractivity contribution in [2.75, 3.05) is 20.8 Å². The average molecular weight is 541 g/mol. The van der Waals surface area contributed by atoms with Gasteiger partial charge in [0.15, 0.2) is 17.3 Å². The second-order valence-corrected chi connectivity index (χ2v) is 9.64. The molecule has 2 aromatic rings. The number of nitrogens with zero attached hydrogens (tertiary/aromatic N) is 1. The van der Waals surface area contributed by atoms with E-state index in [0.717, 1.165) is 5.56 Å². The number of halogens is 1. The largest absolute Gasteiger partial charge is 0.493 e. The van der Waals surface area contributed by atoms with Gasteiger partial charge in [-0.1, -0.05) is 30.7 Å². The number of nitro benzene ring substituents is 1. The number of hydrogen-bond donors (Lipinski definition) is 1. The highest BCUT2D eigenvalue weighted by atomic mass is 35.5. The van der Waals surface area contributed by atoms with Gasteiger partial charge in [0.05, 0.1) is 31.3 Å². The van der Waals surface area contributed by atoms with Gasteiger partial charge in [0.2, 0.25) is 0 Å². The highest BCUT2D eigenvalue weighted by molar-refractivity contribution is 6.32. The van der Waals surface area contributed by atoms with Crippen LogP contribution in [0.25, 0.3) is 0 Å². The molecule has 0 spiro atoms. The maximum atomic E-state index is 13.8. The maximum Gasteiger partial charge on any atom is 0.336 e. The third kappa shape index (κ3) is 5.11. The number of ether oxygens (including phenoxy) is 3. The molecule has 0 aromatic heterocycles. The standard InChI is InChI=1S/C28H29ClN2O7/c1-5-10-38-28(33)25-15(2)30-20-11-18(16-7-9-23(36-3)24(14-16)37-4)13-22(32)27(20)26(25)17-6-8-19(29)21(12-17)31(34)35/h6-9,12,14,18,26,30H,5,10-11,13H2,1-4H3/t18-,26-/m1/s1. The monoisotopic (exact) mass is 540 g/mol. The molecular weight excluding hydrogens is 512 g/mol. The van der Waals surface area contributed by atoms with E-state index in [-0.39, 0.29) is 41.0 Å². The van der Waals surface area contributed by atoms with Gasteiger partial charge in [-0.05, 0) is 55.0 Å². The van der Waals surface area contributed by atoms with Gasteiger partial charge in [0.1, 0.15) is 5.02 Å². The second kappa shape index (κ2) is 11.3. The summed E-state index contributed by atoms with van der Waals surface area (Å²) in [6.07, 6.45) is 1.32. The molecule has 0 radical (unpaired) electrons. The normalized spacial score (nSPS) is 19.0. The highest BCUT2D eigenvalue weighted by Gasteiger charge is 2.42. The van der Waals surface area contributed by atoms with Gasteiger partial charge in [0, 0.05) is 35.4 Å². The van der Waals surface area contributed by atoms with Gasteiger partial charge in [-0.15, -0.1) is 0 Å². The fourth-order valence-electron chi connectivity index (χ4n) is 5.11. The summed E-state index contributed by atoms with van der Waals surface area (Å²) in [5.41, 5.74) is 2.92. The number of nitro groups is 1. The van der Waals surface area contributed by atoms with E-state index in [2.05, 4.69) is 5.32 Å². The quantitative estimate of drug-likeness (QED) is 0.262. The lowest BCUT2D eigenvalue weighted by Gasteiger charge is -2.36. The molecule has 1 aliphatic heterocycles. The number of nitrogens with one attached hydrogen (secondary N) is 1. The Morgan fingerprint density at radius 3 is 2.47 bits per heavy atom. The fourth-order valence-corrected chi connectivity index (χ4v) is 5.29. The summed E-state index contributed by atoms with van der Waals surface area (Å²) in [7, 11) is 3.12. The van der Waals surface area contributed by atoms with Crippen molar-refractivity contribution >= 4 is 29.0 Å². The number of ketones is 1. The summed E-state index contributed by atoms with van der Waals surface area (Å²) in [4.78, 5) is 38.0. The van der Waals surface area contributed by atoms with E-state index in [1.165, 1.54) is 12.1 Å². The zero-order chi connectivity index (χ0) is 27.6. The second-order valence-electron chi connectivity index (χ2n) is 9.24. The first-order valence-electron chi connectivity index (χ1n) is 12.3. The fraction of sp³-hybridized carbons (Fsp3) is 0.357. The maximum absolute atomic E-state index is 13.8. The predicted molar refractivity (Wildman–Crippen MR) is 141 cm³/mol. The van der Waals surface area contributed by atoms with Crippen LogP contribution in [0.2, 0.25) is 5.02 Å². The number of rotatable bonds is 8. The SMILES string of the molecule is CCCOC(=O)C1=C(C)NC2=C(C(=O)C[C@H](c3ccc(OC)c(OC)c3)C2)[C@@H]1c1ccc(Cl)c([N+](=O)[O-])c1. The van der Waals surface area contributed by atoms with E-state index in [1.807, 2.05) is 19.1 Å². The molecule has 0 unspecified atom stereocenters. The Hall–Kier alpha value is -3.85. The van der Waals surface area contributed by atoms with Gasteiger partial charge in [-0.25, -0.2) is 4.79 Å². The molecule has 0 amide bonds. The van der Waals surface area contributed by atoms with Crippen LogP contribution in [0.5, 0.6) is 11.5 Å². The molecule has 2 atom stereocenters. The summed E-state index contributed by atoms with van der Waals surface area (Å²) in [5.74, 6) is -0.541. The molecular formula is C28H29ClN2O7. The Balaban J connectivity index is 1.81. The lowest BCUT2D eigenvalue weighted by molar-refractivity contribution is -0.384. The topological polar surface area (TPSA) is 117 Å². The van der Waals surface area contributed by atoms with Crippen LogP contribution in [-0.4, -0.2) is 37.5 Å². The third-order valence-electron chi connectivity index (χ3n) is 6.86. The zero-order valence-corrected chi connectivity index (χ0v) is 22.4. The average Bonchev–Trinajstić information content (AvgIpc) is 2.90. The number of carbonyl (C=O) groups is 2. The Bertz CT molecular complexity index is 1360. The third-order valence-corrected chi connectivity index (χ3v) is 7.18. The molecule has 2 aliphatic rings. The van der Waals surface area contributed by atoms with Crippen molar-refractivity contribution in [2.45, 2.75) is 44.9 Å². The lowest BCUT2D eigenvalue weighted by Crippen LogP contribution is -2.36. The Labute approximate surface area is 225 Å². The van der Waals surface area contributed by atoms with E-state index in [9.17, 15) is 19.7 Å². The van der Waals surface area contributed by atoms with Gasteiger partial charge >= 0.3 is 5.97 Å². The molecule has 1 heterocycles. The lowest BCUT2D eigenvalue weighted by atomic mass is 9.71. The first-order chi connectivity index (χ1) is 18.2. The molecule has 10 heteroatoms. The van der Waals surface area contributed by atoms with Crippen LogP contribution in [-0.2, 0) is 14.3 Å². The minimum atomic E-state index is -0.828. The molecule has 0 saturated heterocycles. The molecule has 0 fully saturated rings.